The number of nitrogens with zero attached hydrogens (tertiary/aromatic N) is 1. The lowest BCUT2D eigenvalue weighted by Crippen LogP contribution is -2.48. The van der Waals surface area contributed by atoms with Gasteiger partial charge in [0.05, 0.1) is 5.92 Å². The fourth-order valence-electron chi connectivity index (χ4n) is 3.77. The van der Waals surface area contributed by atoms with Crippen molar-refractivity contribution in [3.05, 3.63) is 35.1 Å². The van der Waals surface area contributed by atoms with Crippen molar-refractivity contribution in [1.82, 2.24) is 10.2 Å². The molecule has 0 spiro atoms. The first-order valence-corrected chi connectivity index (χ1v) is 9.36. The molecule has 0 bridgehead atoms. The van der Waals surface area contributed by atoms with Crippen molar-refractivity contribution >= 4 is 11.8 Å². The molecule has 0 aromatic heterocycles. The molecule has 2 amide bonds. The van der Waals surface area contributed by atoms with Gasteiger partial charge in [0.2, 0.25) is 11.8 Å². The molecule has 1 N–H and O–H groups in total. The Balaban J connectivity index is 1.54. The van der Waals surface area contributed by atoms with Crippen LogP contribution < -0.4 is 5.32 Å². The Morgan fingerprint density at radius 1 is 1.12 bits per heavy atom. The number of nitrogens with one attached hydrogen (secondary N) is 1. The highest BCUT2D eigenvalue weighted by Crippen LogP contribution is 2.36. The third kappa shape index (κ3) is 3.70. The summed E-state index contributed by atoms with van der Waals surface area (Å²) in [4.78, 5) is 27.1. The number of likely N-dealkylation sites (tertiary alicyclic amines) is 1. The molecule has 25 heavy (non-hydrogen) atoms. The maximum Gasteiger partial charge on any atom is 0.225 e. The molecule has 3 aliphatic rings. The van der Waals surface area contributed by atoms with Crippen LogP contribution in [0.4, 0.5) is 4.39 Å². The fourth-order valence-corrected chi connectivity index (χ4v) is 3.77. The first kappa shape index (κ1) is 16.6. The van der Waals surface area contributed by atoms with Crippen LogP contribution in [0.1, 0.15) is 49.1 Å². The third-order valence-corrected chi connectivity index (χ3v) is 5.64. The molecular weight excluding hydrogens is 319 g/mol. The van der Waals surface area contributed by atoms with Crippen molar-refractivity contribution in [2.75, 3.05) is 13.1 Å². The van der Waals surface area contributed by atoms with Crippen LogP contribution in [-0.2, 0) is 9.59 Å². The maximum absolute atomic E-state index is 13.6. The summed E-state index contributed by atoms with van der Waals surface area (Å²) in [6.45, 7) is 2.91. The van der Waals surface area contributed by atoms with E-state index in [1.165, 1.54) is 6.07 Å². The van der Waals surface area contributed by atoms with Gasteiger partial charge in [-0.2, -0.15) is 0 Å². The van der Waals surface area contributed by atoms with E-state index in [-0.39, 0.29) is 35.4 Å². The van der Waals surface area contributed by atoms with Gasteiger partial charge in [0.25, 0.3) is 0 Å². The number of hydrogen-bond donors (Lipinski definition) is 1. The Morgan fingerprint density at radius 2 is 1.88 bits per heavy atom. The van der Waals surface area contributed by atoms with E-state index in [1.54, 1.807) is 13.0 Å². The standard InChI is InChI=1S/C20H25FN2O2/c1-12-8-14(4-7-18(12)21)15-9-16(19(24)22-17-5-6-17)11-23(10-15)20(25)13-2-3-13/h4,7-8,13,15-17H,2-3,5-6,9-11H2,1H3,(H,22,24)/t15-,16-/m0/s1. The highest BCUT2D eigenvalue weighted by atomic mass is 19.1. The van der Waals surface area contributed by atoms with Gasteiger partial charge in [-0.1, -0.05) is 12.1 Å². The number of benzene rings is 1. The van der Waals surface area contributed by atoms with E-state index in [4.69, 9.17) is 0 Å². The number of halogens is 1. The summed E-state index contributed by atoms with van der Waals surface area (Å²) in [5, 5.41) is 3.08. The van der Waals surface area contributed by atoms with Gasteiger partial charge in [-0.25, -0.2) is 4.39 Å². The van der Waals surface area contributed by atoms with E-state index in [1.807, 2.05) is 11.0 Å². The molecule has 1 aromatic carbocycles. The van der Waals surface area contributed by atoms with Gasteiger partial charge >= 0.3 is 0 Å². The van der Waals surface area contributed by atoms with E-state index in [0.29, 0.717) is 24.7 Å². The second-order valence-corrected chi connectivity index (χ2v) is 7.94. The number of rotatable bonds is 4. The van der Waals surface area contributed by atoms with E-state index < -0.39 is 0 Å². The summed E-state index contributed by atoms with van der Waals surface area (Å²) in [5.41, 5.74) is 1.64. The summed E-state index contributed by atoms with van der Waals surface area (Å²) in [7, 11) is 0. The maximum atomic E-state index is 13.6. The quantitative estimate of drug-likeness (QED) is 0.913. The Hall–Kier alpha value is -1.91. The van der Waals surface area contributed by atoms with Crippen molar-refractivity contribution < 1.29 is 14.0 Å². The lowest BCUT2D eigenvalue weighted by atomic mass is 9.83. The SMILES string of the molecule is Cc1cc([C@H]2C[C@H](C(=O)NC3CC3)CN(C(=O)C3CC3)C2)ccc1F. The minimum absolute atomic E-state index is 0.0691. The molecule has 5 heteroatoms. The molecule has 1 heterocycles. The summed E-state index contributed by atoms with van der Waals surface area (Å²) in [6.07, 6.45) is 4.77. The summed E-state index contributed by atoms with van der Waals surface area (Å²) < 4.78 is 13.6. The molecule has 4 nitrogen and oxygen atoms in total. The number of hydrogen-bond acceptors (Lipinski definition) is 2. The highest BCUT2D eigenvalue weighted by Gasteiger charge is 2.40. The zero-order valence-corrected chi connectivity index (χ0v) is 14.6. The van der Waals surface area contributed by atoms with Crippen LogP contribution in [0, 0.1) is 24.6 Å². The first-order chi connectivity index (χ1) is 12.0. The van der Waals surface area contributed by atoms with E-state index >= 15 is 0 Å². The molecule has 134 valence electrons. The Labute approximate surface area is 147 Å². The van der Waals surface area contributed by atoms with Crippen molar-refractivity contribution in [3.8, 4) is 0 Å². The number of carbonyl (C=O) groups excluding carboxylic acids is 2. The second kappa shape index (κ2) is 6.43. The largest absolute Gasteiger partial charge is 0.353 e. The van der Waals surface area contributed by atoms with Gasteiger partial charge in [-0.05, 0) is 56.2 Å². The Kier molecular flexibility index (Phi) is 4.26. The van der Waals surface area contributed by atoms with Gasteiger partial charge in [0.1, 0.15) is 5.82 Å². The van der Waals surface area contributed by atoms with E-state index in [9.17, 15) is 14.0 Å². The topological polar surface area (TPSA) is 49.4 Å². The molecular formula is C20H25FN2O2. The normalized spacial score (nSPS) is 26.4. The van der Waals surface area contributed by atoms with Crippen LogP contribution in [0.3, 0.4) is 0 Å². The number of amides is 2. The Morgan fingerprint density at radius 3 is 2.52 bits per heavy atom. The first-order valence-electron chi connectivity index (χ1n) is 9.36. The van der Waals surface area contributed by atoms with Gasteiger partial charge in [0, 0.05) is 31.0 Å². The monoisotopic (exact) mass is 344 g/mol. The Bertz CT molecular complexity index is 697. The zero-order chi connectivity index (χ0) is 17.6. The van der Waals surface area contributed by atoms with Crippen LogP contribution in [0.2, 0.25) is 0 Å². The third-order valence-electron chi connectivity index (χ3n) is 5.64. The summed E-state index contributed by atoms with van der Waals surface area (Å²) in [5.74, 6) is 0.111. The van der Waals surface area contributed by atoms with Crippen LogP contribution in [0.15, 0.2) is 18.2 Å². The molecule has 4 rings (SSSR count). The van der Waals surface area contributed by atoms with E-state index in [0.717, 1.165) is 37.7 Å². The molecule has 1 aromatic rings. The van der Waals surface area contributed by atoms with Crippen LogP contribution in [0.25, 0.3) is 0 Å². The van der Waals surface area contributed by atoms with Gasteiger partial charge in [-0.3, -0.25) is 9.59 Å². The number of carbonyl (C=O) groups is 2. The van der Waals surface area contributed by atoms with Crippen LogP contribution in [-0.4, -0.2) is 35.8 Å². The molecule has 1 saturated heterocycles. The average Bonchev–Trinajstić information content (AvgIpc) is 3.50. The molecule has 1 aliphatic heterocycles. The van der Waals surface area contributed by atoms with Crippen LogP contribution >= 0.6 is 0 Å². The average molecular weight is 344 g/mol. The van der Waals surface area contributed by atoms with Crippen molar-refractivity contribution in [1.29, 1.82) is 0 Å². The predicted molar refractivity (Wildman–Crippen MR) is 92.5 cm³/mol. The molecule has 0 unspecified atom stereocenters. The van der Waals surface area contributed by atoms with Gasteiger partial charge in [0.15, 0.2) is 0 Å². The molecule has 0 radical (unpaired) electrons. The predicted octanol–water partition coefficient (Wildman–Crippen LogP) is 2.75. The lowest BCUT2D eigenvalue weighted by molar-refractivity contribution is -0.137. The van der Waals surface area contributed by atoms with Crippen molar-refractivity contribution in [3.63, 3.8) is 0 Å². The van der Waals surface area contributed by atoms with Gasteiger partial charge < -0.3 is 10.2 Å². The van der Waals surface area contributed by atoms with Crippen molar-refractivity contribution in [2.45, 2.75) is 51.0 Å². The van der Waals surface area contributed by atoms with E-state index in [2.05, 4.69) is 5.32 Å². The lowest BCUT2D eigenvalue weighted by Gasteiger charge is -2.37. The number of aryl methyl sites for hydroxylation is 1. The fraction of sp³-hybridized carbons (Fsp3) is 0.600. The number of piperidine rings is 1. The zero-order valence-electron chi connectivity index (χ0n) is 14.6. The molecule has 2 aliphatic carbocycles. The minimum Gasteiger partial charge on any atom is -0.353 e. The highest BCUT2D eigenvalue weighted by molar-refractivity contribution is 5.84. The van der Waals surface area contributed by atoms with Crippen molar-refractivity contribution in [2.24, 2.45) is 11.8 Å². The van der Waals surface area contributed by atoms with Gasteiger partial charge in [-0.15, -0.1) is 0 Å². The molecule has 3 fully saturated rings. The molecule has 2 atom stereocenters. The summed E-state index contributed by atoms with van der Waals surface area (Å²) >= 11 is 0. The van der Waals surface area contributed by atoms with Crippen LogP contribution in [0.5, 0.6) is 0 Å². The summed E-state index contributed by atoms with van der Waals surface area (Å²) in [6, 6.07) is 5.48. The minimum atomic E-state index is -0.214. The smallest absolute Gasteiger partial charge is 0.225 e. The molecule has 2 saturated carbocycles. The second-order valence-electron chi connectivity index (χ2n) is 7.94.